The van der Waals surface area contributed by atoms with Crippen LogP contribution in [0.4, 0.5) is 10.1 Å². The molecule has 0 heterocycles. The number of benzene rings is 2. The van der Waals surface area contributed by atoms with E-state index in [1.807, 2.05) is 0 Å². The lowest BCUT2D eigenvalue weighted by atomic mass is 10.1. The third-order valence-corrected chi connectivity index (χ3v) is 3.18. The number of ether oxygens (including phenoxy) is 3. The van der Waals surface area contributed by atoms with E-state index in [2.05, 4.69) is 0 Å². The Labute approximate surface area is 136 Å². The van der Waals surface area contributed by atoms with Crippen LogP contribution in [0.15, 0.2) is 36.4 Å². The first-order valence-electron chi connectivity index (χ1n) is 6.78. The third-order valence-electron chi connectivity index (χ3n) is 3.18. The monoisotopic (exact) mass is 335 g/mol. The Morgan fingerprint density at radius 3 is 2.46 bits per heavy atom. The fraction of sp³-hybridized carbons (Fsp3) is 0.188. The van der Waals surface area contributed by atoms with Gasteiger partial charge in [0.1, 0.15) is 17.3 Å². The van der Waals surface area contributed by atoms with Crippen molar-refractivity contribution < 1.29 is 28.3 Å². The van der Waals surface area contributed by atoms with Crippen LogP contribution in [0.3, 0.4) is 0 Å². The second-order valence-corrected chi connectivity index (χ2v) is 4.65. The molecule has 0 N–H and O–H groups in total. The molecule has 0 saturated carbocycles. The molecule has 8 heteroatoms. The molecule has 2 rings (SSSR count). The number of Topliss-reactive ketones (excluding diaryl/α,β-unsaturated/α-hetero) is 1. The number of carbonyl (C=O) groups is 1. The lowest BCUT2D eigenvalue weighted by Gasteiger charge is -2.10. The minimum Gasteiger partial charge on any atom is -0.496 e. The van der Waals surface area contributed by atoms with Crippen LogP contribution in [0.2, 0.25) is 0 Å². The van der Waals surface area contributed by atoms with E-state index < -0.39 is 23.1 Å². The molecule has 0 unspecified atom stereocenters. The van der Waals surface area contributed by atoms with E-state index in [-0.39, 0.29) is 28.5 Å². The number of nitrogens with zero attached hydrogens (tertiary/aromatic N) is 1. The maximum Gasteiger partial charge on any atom is 0.314 e. The zero-order valence-corrected chi connectivity index (χ0v) is 12.9. The van der Waals surface area contributed by atoms with Gasteiger partial charge in [-0.25, -0.2) is 4.39 Å². The molecule has 0 aliphatic rings. The fourth-order valence-corrected chi connectivity index (χ4v) is 2.01. The molecule has 0 atom stereocenters. The number of rotatable bonds is 7. The summed E-state index contributed by atoms with van der Waals surface area (Å²) in [6, 6.07) is 7.47. The highest BCUT2D eigenvalue weighted by molar-refractivity contribution is 5.99. The van der Waals surface area contributed by atoms with Gasteiger partial charge in [0.2, 0.25) is 5.78 Å². The molecule has 2 aromatic carbocycles. The number of nitro groups is 1. The van der Waals surface area contributed by atoms with E-state index in [0.717, 1.165) is 12.1 Å². The summed E-state index contributed by atoms with van der Waals surface area (Å²) in [5, 5.41) is 11.1. The molecule has 7 nitrogen and oxygen atoms in total. The van der Waals surface area contributed by atoms with Gasteiger partial charge < -0.3 is 14.2 Å². The topological polar surface area (TPSA) is 87.9 Å². The summed E-state index contributed by atoms with van der Waals surface area (Å²) in [4.78, 5) is 22.6. The Morgan fingerprint density at radius 1 is 1.12 bits per heavy atom. The van der Waals surface area contributed by atoms with Crippen molar-refractivity contribution in [3.8, 4) is 17.2 Å². The molecule has 2 aromatic rings. The van der Waals surface area contributed by atoms with E-state index in [4.69, 9.17) is 14.2 Å². The van der Waals surface area contributed by atoms with Crippen molar-refractivity contribution in [3.05, 3.63) is 57.9 Å². The van der Waals surface area contributed by atoms with Gasteiger partial charge in [-0.15, -0.1) is 0 Å². The number of carbonyl (C=O) groups excluding carboxylic acids is 1. The van der Waals surface area contributed by atoms with Crippen molar-refractivity contribution in [1.82, 2.24) is 0 Å². The van der Waals surface area contributed by atoms with Gasteiger partial charge in [0.25, 0.3) is 0 Å². The van der Waals surface area contributed by atoms with Gasteiger partial charge in [-0.3, -0.25) is 14.9 Å². The smallest absolute Gasteiger partial charge is 0.314 e. The molecule has 0 saturated heterocycles. The average Bonchev–Trinajstić information content (AvgIpc) is 2.59. The maximum absolute atomic E-state index is 13.3. The molecule has 0 radical (unpaired) electrons. The molecule has 0 amide bonds. The van der Waals surface area contributed by atoms with Crippen molar-refractivity contribution in [2.75, 3.05) is 20.8 Å². The average molecular weight is 335 g/mol. The van der Waals surface area contributed by atoms with Crippen molar-refractivity contribution in [2.45, 2.75) is 0 Å². The van der Waals surface area contributed by atoms with Crippen LogP contribution < -0.4 is 14.2 Å². The lowest BCUT2D eigenvalue weighted by molar-refractivity contribution is -0.385. The first-order chi connectivity index (χ1) is 11.5. The van der Waals surface area contributed by atoms with Crippen LogP contribution in [-0.2, 0) is 0 Å². The van der Waals surface area contributed by atoms with Crippen LogP contribution in [-0.4, -0.2) is 31.5 Å². The van der Waals surface area contributed by atoms with Gasteiger partial charge in [0.05, 0.1) is 30.8 Å². The summed E-state index contributed by atoms with van der Waals surface area (Å²) in [6.45, 7) is -0.507. The second-order valence-electron chi connectivity index (χ2n) is 4.65. The summed E-state index contributed by atoms with van der Waals surface area (Å²) >= 11 is 0. The standard InChI is InChI=1S/C16H14FNO6/c1-22-11-4-6-16(13(8-11)18(20)21)24-9-14(19)12-7-10(17)3-5-15(12)23-2/h3-8H,9H2,1-2H3. The highest BCUT2D eigenvalue weighted by Crippen LogP contribution is 2.31. The zero-order chi connectivity index (χ0) is 17.7. The Bertz CT molecular complexity index is 777. The quantitative estimate of drug-likeness (QED) is 0.439. The maximum atomic E-state index is 13.3. The number of methoxy groups -OCH3 is 2. The highest BCUT2D eigenvalue weighted by Gasteiger charge is 2.19. The molecule has 0 spiro atoms. The summed E-state index contributed by atoms with van der Waals surface area (Å²) < 4.78 is 28.4. The number of ketones is 1. The third kappa shape index (κ3) is 3.78. The Kier molecular flexibility index (Phi) is 5.31. The Hall–Kier alpha value is -3.16. The fourth-order valence-electron chi connectivity index (χ4n) is 2.01. The van der Waals surface area contributed by atoms with Crippen molar-refractivity contribution >= 4 is 11.5 Å². The number of hydrogen-bond donors (Lipinski definition) is 0. The normalized spacial score (nSPS) is 10.1. The van der Waals surface area contributed by atoms with Crippen LogP contribution in [0, 0.1) is 15.9 Å². The van der Waals surface area contributed by atoms with Gasteiger partial charge in [0.15, 0.2) is 12.4 Å². The van der Waals surface area contributed by atoms with Gasteiger partial charge in [-0.2, -0.15) is 0 Å². The van der Waals surface area contributed by atoms with Gasteiger partial charge in [-0.1, -0.05) is 0 Å². The van der Waals surface area contributed by atoms with Crippen LogP contribution in [0.1, 0.15) is 10.4 Å². The van der Waals surface area contributed by atoms with Crippen molar-refractivity contribution in [1.29, 1.82) is 0 Å². The van der Waals surface area contributed by atoms with Crippen LogP contribution in [0.5, 0.6) is 17.2 Å². The SMILES string of the molecule is COc1ccc(OCC(=O)c2cc(F)ccc2OC)c([N+](=O)[O-])c1. The molecule has 0 fully saturated rings. The summed E-state index contributed by atoms with van der Waals surface area (Å²) in [7, 11) is 2.72. The van der Waals surface area contributed by atoms with Gasteiger partial charge in [0, 0.05) is 0 Å². The van der Waals surface area contributed by atoms with Crippen molar-refractivity contribution in [2.24, 2.45) is 0 Å². The van der Waals surface area contributed by atoms with Gasteiger partial charge in [-0.05, 0) is 30.3 Å². The second kappa shape index (κ2) is 7.40. The summed E-state index contributed by atoms with van der Waals surface area (Å²) in [5.74, 6) is -0.794. The van der Waals surface area contributed by atoms with E-state index in [0.29, 0.717) is 0 Å². The summed E-state index contributed by atoms with van der Waals surface area (Å²) in [6.07, 6.45) is 0. The van der Waals surface area contributed by atoms with E-state index in [1.54, 1.807) is 0 Å². The largest absolute Gasteiger partial charge is 0.496 e. The molecule has 0 aliphatic carbocycles. The van der Waals surface area contributed by atoms with E-state index in [1.165, 1.54) is 38.5 Å². The van der Waals surface area contributed by atoms with Crippen molar-refractivity contribution in [3.63, 3.8) is 0 Å². The molecular weight excluding hydrogens is 321 g/mol. The van der Waals surface area contributed by atoms with Crippen LogP contribution >= 0.6 is 0 Å². The molecule has 0 bridgehead atoms. The first kappa shape index (κ1) is 17.2. The highest BCUT2D eigenvalue weighted by atomic mass is 19.1. The number of hydrogen-bond acceptors (Lipinski definition) is 6. The lowest BCUT2D eigenvalue weighted by Crippen LogP contribution is -2.13. The zero-order valence-electron chi connectivity index (χ0n) is 12.9. The number of halogens is 1. The van der Waals surface area contributed by atoms with Crippen LogP contribution in [0.25, 0.3) is 0 Å². The molecule has 0 aromatic heterocycles. The van der Waals surface area contributed by atoms with E-state index in [9.17, 15) is 19.3 Å². The predicted octanol–water partition coefficient (Wildman–Crippen LogP) is 3.01. The Morgan fingerprint density at radius 2 is 1.83 bits per heavy atom. The minimum absolute atomic E-state index is 0.00587. The molecule has 0 aliphatic heterocycles. The molecule has 126 valence electrons. The molecule has 24 heavy (non-hydrogen) atoms. The minimum atomic E-state index is -0.648. The predicted molar refractivity (Wildman–Crippen MR) is 82.4 cm³/mol. The first-order valence-corrected chi connectivity index (χ1v) is 6.78. The number of nitro benzene ring substituents is 1. The molecular formula is C16H14FNO6. The van der Waals surface area contributed by atoms with E-state index >= 15 is 0 Å². The Balaban J connectivity index is 2.21. The summed E-state index contributed by atoms with van der Waals surface area (Å²) in [5.41, 5.74) is -0.345. The van der Waals surface area contributed by atoms with Gasteiger partial charge >= 0.3 is 5.69 Å².